The highest BCUT2D eigenvalue weighted by atomic mass is 79.9. The fourth-order valence-corrected chi connectivity index (χ4v) is 2.10. The number of aryl methyl sites for hydroxylation is 1. The van der Waals surface area contributed by atoms with Gasteiger partial charge in [-0.25, -0.2) is 8.42 Å². The van der Waals surface area contributed by atoms with E-state index in [1.54, 1.807) is 7.05 Å². The van der Waals surface area contributed by atoms with Gasteiger partial charge in [0, 0.05) is 12.4 Å². The van der Waals surface area contributed by atoms with Crippen LogP contribution in [-0.4, -0.2) is 21.7 Å². The van der Waals surface area contributed by atoms with Gasteiger partial charge in [0.1, 0.15) is 0 Å². The minimum absolute atomic E-state index is 0.701. The summed E-state index contributed by atoms with van der Waals surface area (Å²) < 4.78 is 24.0. The molecule has 0 bridgehead atoms. The predicted octanol–water partition coefficient (Wildman–Crippen LogP) is 2.29. The first-order valence-electron chi connectivity index (χ1n) is 4.45. The highest BCUT2D eigenvalue weighted by Crippen LogP contribution is 2.21. The molecule has 0 fully saturated rings. The molecule has 0 unspecified atom stereocenters. The molecule has 5 heteroatoms. The topological polar surface area (TPSA) is 37.4 Å². The van der Waals surface area contributed by atoms with Crippen molar-refractivity contribution in [3.63, 3.8) is 0 Å². The molecule has 1 rings (SSSR count). The number of benzene rings is 1. The van der Waals surface area contributed by atoms with E-state index >= 15 is 0 Å². The standard InChI is InChI=1S/C10H14BrNO2S/c1-8-4-9(7-11)6-10(5-8)12(2)15(3,13)14/h4-6H,7H2,1-3H3. The summed E-state index contributed by atoms with van der Waals surface area (Å²) in [5.74, 6) is 0. The van der Waals surface area contributed by atoms with Gasteiger partial charge in [0.05, 0.1) is 11.9 Å². The quantitative estimate of drug-likeness (QED) is 0.802. The first-order valence-corrected chi connectivity index (χ1v) is 7.42. The number of anilines is 1. The van der Waals surface area contributed by atoms with Crippen LogP contribution in [0.3, 0.4) is 0 Å². The molecule has 0 atom stereocenters. The van der Waals surface area contributed by atoms with Crippen molar-refractivity contribution < 1.29 is 8.42 Å². The number of rotatable bonds is 3. The van der Waals surface area contributed by atoms with Crippen LogP contribution >= 0.6 is 15.9 Å². The van der Waals surface area contributed by atoms with Crippen LogP contribution in [0.2, 0.25) is 0 Å². The van der Waals surface area contributed by atoms with Gasteiger partial charge in [-0.2, -0.15) is 0 Å². The number of hydrogen-bond acceptors (Lipinski definition) is 2. The highest BCUT2D eigenvalue weighted by molar-refractivity contribution is 9.08. The molecular formula is C10H14BrNO2S. The Balaban J connectivity index is 3.20. The van der Waals surface area contributed by atoms with Crippen molar-refractivity contribution in [3.05, 3.63) is 29.3 Å². The molecule has 0 aromatic heterocycles. The van der Waals surface area contributed by atoms with E-state index in [1.165, 1.54) is 10.6 Å². The lowest BCUT2D eigenvalue weighted by molar-refractivity contribution is 0.600. The fourth-order valence-electron chi connectivity index (χ4n) is 1.29. The van der Waals surface area contributed by atoms with Gasteiger partial charge >= 0.3 is 0 Å². The lowest BCUT2D eigenvalue weighted by Gasteiger charge is -2.17. The van der Waals surface area contributed by atoms with Crippen molar-refractivity contribution in [2.75, 3.05) is 17.6 Å². The summed E-state index contributed by atoms with van der Waals surface area (Å²) in [5, 5.41) is 0.722. The van der Waals surface area contributed by atoms with E-state index in [0.29, 0.717) is 5.69 Å². The van der Waals surface area contributed by atoms with E-state index in [1.807, 2.05) is 25.1 Å². The molecule has 84 valence electrons. The summed E-state index contributed by atoms with van der Waals surface area (Å²) in [5.41, 5.74) is 2.82. The summed E-state index contributed by atoms with van der Waals surface area (Å²) in [6.45, 7) is 1.95. The minimum atomic E-state index is -3.18. The average molecular weight is 292 g/mol. The second-order valence-corrected chi connectivity index (χ2v) is 6.12. The van der Waals surface area contributed by atoms with E-state index in [2.05, 4.69) is 15.9 Å². The van der Waals surface area contributed by atoms with E-state index in [-0.39, 0.29) is 0 Å². The Hall–Kier alpha value is -0.550. The number of alkyl halides is 1. The molecular weight excluding hydrogens is 278 g/mol. The Labute approximate surface area is 99.3 Å². The Morgan fingerprint density at radius 1 is 1.33 bits per heavy atom. The van der Waals surface area contributed by atoms with Crippen molar-refractivity contribution in [3.8, 4) is 0 Å². The van der Waals surface area contributed by atoms with Gasteiger partial charge < -0.3 is 0 Å². The molecule has 1 aromatic carbocycles. The summed E-state index contributed by atoms with van der Waals surface area (Å²) in [7, 11) is -1.62. The molecule has 0 aliphatic carbocycles. The lowest BCUT2D eigenvalue weighted by Crippen LogP contribution is -2.24. The maximum absolute atomic E-state index is 11.4. The predicted molar refractivity (Wildman–Crippen MR) is 67.1 cm³/mol. The SMILES string of the molecule is Cc1cc(CBr)cc(N(C)S(C)(=O)=O)c1. The third kappa shape index (κ3) is 3.21. The minimum Gasteiger partial charge on any atom is -0.274 e. The van der Waals surface area contributed by atoms with Gasteiger partial charge in [0.2, 0.25) is 10.0 Å². The monoisotopic (exact) mass is 291 g/mol. The van der Waals surface area contributed by atoms with E-state index in [4.69, 9.17) is 0 Å². The van der Waals surface area contributed by atoms with Gasteiger partial charge in [-0.1, -0.05) is 22.0 Å². The second-order valence-electron chi connectivity index (χ2n) is 3.54. The fraction of sp³-hybridized carbons (Fsp3) is 0.400. The molecule has 15 heavy (non-hydrogen) atoms. The van der Waals surface area contributed by atoms with Crippen molar-refractivity contribution in [2.24, 2.45) is 0 Å². The van der Waals surface area contributed by atoms with E-state index < -0.39 is 10.0 Å². The van der Waals surface area contributed by atoms with Gasteiger partial charge in [-0.05, 0) is 30.2 Å². The normalized spacial score (nSPS) is 11.5. The molecule has 0 aliphatic heterocycles. The second kappa shape index (κ2) is 4.53. The lowest BCUT2D eigenvalue weighted by atomic mass is 10.1. The highest BCUT2D eigenvalue weighted by Gasteiger charge is 2.12. The third-order valence-corrected chi connectivity index (χ3v) is 3.99. The maximum atomic E-state index is 11.4. The van der Waals surface area contributed by atoms with Crippen LogP contribution in [0.15, 0.2) is 18.2 Å². The van der Waals surface area contributed by atoms with Crippen molar-refractivity contribution in [1.29, 1.82) is 0 Å². The molecule has 1 aromatic rings. The third-order valence-electron chi connectivity index (χ3n) is 2.14. The smallest absolute Gasteiger partial charge is 0.231 e. The number of nitrogens with zero attached hydrogens (tertiary/aromatic N) is 1. The zero-order valence-electron chi connectivity index (χ0n) is 8.99. The van der Waals surface area contributed by atoms with Crippen molar-refractivity contribution >= 4 is 31.6 Å². The van der Waals surface area contributed by atoms with Crippen LogP contribution < -0.4 is 4.31 Å². The molecule has 3 nitrogen and oxygen atoms in total. The Morgan fingerprint density at radius 3 is 2.40 bits per heavy atom. The van der Waals surface area contributed by atoms with Gasteiger partial charge in [-0.15, -0.1) is 0 Å². The van der Waals surface area contributed by atoms with Gasteiger partial charge in [-0.3, -0.25) is 4.31 Å². The molecule has 0 N–H and O–H groups in total. The van der Waals surface area contributed by atoms with Crippen LogP contribution in [0.25, 0.3) is 0 Å². The number of hydrogen-bond donors (Lipinski definition) is 0. The largest absolute Gasteiger partial charge is 0.274 e. The van der Waals surface area contributed by atoms with Crippen LogP contribution in [-0.2, 0) is 15.4 Å². The average Bonchev–Trinajstić information content (AvgIpc) is 2.14. The van der Waals surface area contributed by atoms with E-state index in [0.717, 1.165) is 16.5 Å². The Morgan fingerprint density at radius 2 is 1.93 bits per heavy atom. The number of halogens is 1. The Kier molecular flexibility index (Phi) is 3.78. The summed E-state index contributed by atoms with van der Waals surface area (Å²) in [6, 6.07) is 5.74. The van der Waals surface area contributed by atoms with Gasteiger partial charge in [0.25, 0.3) is 0 Å². The maximum Gasteiger partial charge on any atom is 0.231 e. The molecule has 0 saturated heterocycles. The van der Waals surface area contributed by atoms with Crippen LogP contribution in [0.1, 0.15) is 11.1 Å². The zero-order valence-corrected chi connectivity index (χ0v) is 11.4. The molecule has 0 aliphatic rings. The van der Waals surface area contributed by atoms with E-state index in [9.17, 15) is 8.42 Å². The van der Waals surface area contributed by atoms with Crippen molar-refractivity contribution in [1.82, 2.24) is 0 Å². The summed E-state index contributed by atoms with van der Waals surface area (Å²) >= 11 is 3.36. The molecule has 0 saturated carbocycles. The van der Waals surface area contributed by atoms with Crippen molar-refractivity contribution in [2.45, 2.75) is 12.3 Å². The molecule has 0 amide bonds. The first-order chi connectivity index (χ1) is 6.84. The van der Waals surface area contributed by atoms with Crippen LogP contribution in [0.4, 0.5) is 5.69 Å². The summed E-state index contributed by atoms with van der Waals surface area (Å²) in [4.78, 5) is 0. The number of sulfonamides is 1. The first kappa shape index (κ1) is 12.5. The molecule has 0 spiro atoms. The van der Waals surface area contributed by atoms with Crippen LogP contribution in [0.5, 0.6) is 0 Å². The van der Waals surface area contributed by atoms with Crippen LogP contribution in [0, 0.1) is 6.92 Å². The van der Waals surface area contributed by atoms with Gasteiger partial charge in [0.15, 0.2) is 0 Å². The molecule has 0 radical (unpaired) electrons. The summed E-state index contributed by atoms with van der Waals surface area (Å²) in [6.07, 6.45) is 1.20. The molecule has 0 heterocycles. The zero-order chi connectivity index (χ0) is 11.6. The Bertz CT molecular complexity index is 456.